The van der Waals surface area contributed by atoms with Gasteiger partial charge in [-0.15, -0.1) is 0 Å². The highest BCUT2D eigenvalue weighted by Gasteiger charge is 2.24. The molecule has 1 unspecified atom stereocenters. The highest BCUT2D eigenvalue weighted by molar-refractivity contribution is 5.79. The molecule has 2 heterocycles. The Labute approximate surface area is 84.4 Å². The lowest BCUT2D eigenvalue weighted by atomic mass is 9.98. The van der Waals surface area contributed by atoms with Crippen molar-refractivity contribution in [3.63, 3.8) is 0 Å². The van der Waals surface area contributed by atoms with E-state index in [0.717, 1.165) is 39.0 Å². The molecular formula is C10H18N2O2. The van der Waals surface area contributed by atoms with Crippen molar-refractivity contribution in [2.24, 2.45) is 5.92 Å². The van der Waals surface area contributed by atoms with Crippen LogP contribution in [0, 0.1) is 5.92 Å². The van der Waals surface area contributed by atoms with Crippen LogP contribution in [-0.4, -0.2) is 38.3 Å². The first kappa shape index (κ1) is 9.93. The van der Waals surface area contributed by atoms with E-state index < -0.39 is 0 Å². The van der Waals surface area contributed by atoms with E-state index in [2.05, 4.69) is 10.6 Å². The average molecular weight is 198 g/mol. The van der Waals surface area contributed by atoms with Crippen LogP contribution in [0.3, 0.4) is 0 Å². The van der Waals surface area contributed by atoms with Crippen molar-refractivity contribution < 1.29 is 9.53 Å². The van der Waals surface area contributed by atoms with Gasteiger partial charge >= 0.3 is 0 Å². The molecule has 0 bridgehead atoms. The summed E-state index contributed by atoms with van der Waals surface area (Å²) in [5, 5.41) is 6.29. The van der Waals surface area contributed by atoms with Gasteiger partial charge in [-0.05, 0) is 25.8 Å². The molecule has 2 aliphatic rings. The fourth-order valence-electron chi connectivity index (χ4n) is 2.04. The molecule has 0 spiro atoms. The molecule has 4 nitrogen and oxygen atoms in total. The third kappa shape index (κ3) is 2.45. The van der Waals surface area contributed by atoms with E-state index in [1.165, 1.54) is 0 Å². The van der Waals surface area contributed by atoms with Gasteiger partial charge in [-0.2, -0.15) is 0 Å². The predicted molar refractivity (Wildman–Crippen MR) is 53.0 cm³/mol. The lowest BCUT2D eigenvalue weighted by molar-refractivity contribution is -0.126. The molecule has 0 aliphatic carbocycles. The van der Waals surface area contributed by atoms with Gasteiger partial charge in [0.05, 0.1) is 18.6 Å². The van der Waals surface area contributed by atoms with E-state index in [1.54, 1.807) is 0 Å². The Hall–Kier alpha value is -0.610. The normalized spacial score (nSPS) is 32.9. The first-order chi connectivity index (χ1) is 6.86. The first-order valence-corrected chi connectivity index (χ1v) is 5.45. The number of rotatable bonds is 2. The zero-order valence-electron chi connectivity index (χ0n) is 8.42. The van der Waals surface area contributed by atoms with Crippen molar-refractivity contribution in [2.75, 3.05) is 26.3 Å². The van der Waals surface area contributed by atoms with Gasteiger partial charge in [-0.1, -0.05) is 0 Å². The molecule has 2 fully saturated rings. The van der Waals surface area contributed by atoms with E-state index in [1.807, 2.05) is 0 Å². The minimum absolute atomic E-state index is 0.171. The van der Waals surface area contributed by atoms with Crippen LogP contribution in [0.5, 0.6) is 0 Å². The molecular weight excluding hydrogens is 180 g/mol. The molecule has 2 atom stereocenters. The molecule has 80 valence electrons. The maximum absolute atomic E-state index is 11.7. The lowest BCUT2D eigenvalue weighted by Gasteiger charge is -2.23. The summed E-state index contributed by atoms with van der Waals surface area (Å²) in [6.45, 7) is 3.36. The molecule has 2 saturated heterocycles. The van der Waals surface area contributed by atoms with E-state index >= 15 is 0 Å². The van der Waals surface area contributed by atoms with Crippen molar-refractivity contribution >= 4 is 5.91 Å². The highest BCUT2D eigenvalue weighted by Crippen LogP contribution is 2.11. The molecule has 0 aromatic rings. The van der Waals surface area contributed by atoms with Crippen LogP contribution in [0.15, 0.2) is 0 Å². The SMILES string of the molecule is O=C(N[C@@H]1CCOC1)C1CCCNC1. The second kappa shape index (κ2) is 4.75. The summed E-state index contributed by atoms with van der Waals surface area (Å²) in [5.74, 6) is 0.372. The molecule has 4 heteroatoms. The summed E-state index contributed by atoms with van der Waals surface area (Å²) in [7, 11) is 0. The third-order valence-electron chi connectivity index (χ3n) is 2.94. The van der Waals surface area contributed by atoms with Crippen molar-refractivity contribution in [3.8, 4) is 0 Å². The Morgan fingerprint density at radius 2 is 2.36 bits per heavy atom. The predicted octanol–water partition coefficient (Wildman–Crippen LogP) is -0.109. The van der Waals surface area contributed by atoms with Gasteiger partial charge in [-0.3, -0.25) is 4.79 Å². The molecule has 1 amide bonds. The van der Waals surface area contributed by atoms with Crippen LogP contribution in [0.25, 0.3) is 0 Å². The van der Waals surface area contributed by atoms with Crippen molar-refractivity contribution in [3.05, 3.63) is 0 Å². The fourth-order valence-corrected chi connectivity index (χ4v) is 2.04. The van der Waals surface area contributed by atoms with Crippen LogP contribution in [0.2, 0.25) is 0 Å². The van der Waals surface area contributed by atoms with Gasteiger partial charge in [0.15, 0.2) is 0 Å². The summed E-state index contributed by atoms with van der Waals surface area (Å²) in [6.07, 6.45) is 3.09. The van der Waals surface area contributed by atoms with Crippen LogP contribution >= 0.6 is 0 Å². The van der Waals surface area contributed by atoms with Gasteiger partial charge in [0.1, 0.15) is 0 Å². The summed E-state index contributed by atoms with van der Waals surface area (Å²) in [4.78, 5) is 11.7. The number of amides is 1. The Kier molecular flexibility index (Phi) is 3.37. The fraction of sp³-hybridized carbons (Fsp3) is 0.900. The quantitative estimate of drug-likeness (QED) is 0.651. The molecule has 0 saturated carbocycles. The Morgan fingerprint density at radius 3 is 3.00 bits per heavy atom. The van der Waals surface area contributed by atoms with Gasteiger partial charge in [-0.25, -0.2) is 0 Å². The number of carbonyl (C=O) groups is 1. The monoisotopic (exact) mass is 198 g/mol. The summed E-state index contributed by atoms with van der Waals surface area (Å²) < 4.78 is 5.21. The number of hydrogen-bond donors (Lipinski definition) is 2. The Morgan fingerprint density at radius 1 is 1.43 bits per heavy atom. The Balaban J connectivity index is 1.75. The molecule has 14 heavy (non-hydrogen) atoms. The average Bonchev–Trinajstić information content (AvgIpc) is 2.72. The lowest BCUT2D eigenvalue weighted by Crippen LogP contribution is -2.44. The van der Waals surface area contributed by atoms with Gasteiger partial charge < -0.3 is 15.4 Å². The molecule has 0 radical (unpaired) electrons. The van der Waals surface area contributed by atoms with Crippen molar-refractivity contribution in [1.29, 1.82) is 0 Å². The maximum atomic E-state index is 11.7. The van der Waals surface area contributed by atoms with Gasteiger partial charge in [0.25, 0.3) is 0 Å². The highest BCUT2D eigenvalue weighted by atomic mass is 16.5. The zero-order chi connectivity index (χ0) is 9.80. The van der Waals surface area contributed by atoms with E-state index in [4.69, 9.17) is 4.74 Å². The second-order valence-corrected chi connectivity index (χ2v) is 4.11. The molecule has 0 aromatic carbocycles. The summed E-state index contributed by atoms with van der Waals surface area (Å²) in [6, 6.07) is 0.254. The molecule has 0 aromatic heterocycles. The zero-order valence-corrected chi connectivity index (χ0v) is 8.42. The van der Waals surface area contributed by atoms with Crippen LogP contribution in [0.4, 0.5) is 0 Å². The van der Waals surface area contributed by atoms with E-state index in [0.29, 0.717) is 6.61 Å². The summed E-state index contributed by atoms with van der Waals surface area (Å²) >= 11 is 0. The topological polar surface area (TPSA) is 50.4 Å². The van der Waals surface area contributed by atoms with Crippen LogP contribution < -0.4 is 10.6 Å². The molecule has 2 rings (SSSR count). The number of ether oxygens (including phenoxy) is 1. The maximum Gasteiger partial charge on any atom is 0.224 e. The number of piperidine rings is 1. The smallest absolute Gasteiger partial charge is 0.224 e. The number of nitrogens with one attached hydrogen (secondary N) is 2. The number of hydrogen-bond acceptors (Lipinski definition) is 3. The van der Waals surface area contributed by atoms with Crippen LogP contribution in [0.1, 0.15) is 19.3 Å². The Bertz CT molecular complexity index is 196. The molecule has 2 N–H and O–H groups in total. The standard InChI is InChI=1S/C10H18N2O2/c13-10(8-2-1-4-11-6-8)12-9-3-5-14-7-9/h8-9,11H,1-7H2,(H,12,13)/t8?,9-/m1/s1. The largest absolute Gasteiger partial charge is 0.379 e. The van der Waals surface area contributed by atoms with E-state index in [-0.39, 0.29) is 17.9 Å². The van der Waals surface area contributed by atoms with Crippen molar-refractivity contribution in [2.45, 2.75) is 25.3 Å². The van der Waals surface area contributed by atoms with Gasteiger partial charge in [0.2, 0.25) is 5.91 Å². The number of carbonyl (C=O) groups excluding carboxylic acids is 1. The van der Waals surface area contributed by atoms with E-state index in [9.17, 15) is 4.79 Å². The molecule has 2 aliphatic heterocycles. The first-order valence-electron chi connectivity index (χ1n) is 5.45. The second-order valence-electron chi connectivity index (χ2n) is 4.11. The summed E-state index contributed by atoms with van der Waals surface area (Å²) in [5.41, 5.74) is 0. The minimum Gasteiger partial charge on any atom is -0.379 e. The minimum atomic E-state index is 0.171. The van der Waals surface area contributed by atoms with Crippen LogP contribution in [-0.2, 0) is 9.53 Å². The third-order valence-corrected chi connectivity index (χ3v) is 2.94. The van der Waals surface area contributed by atoms with Crippen molar-refractivity contribution in [1.82, 2.24) is 10.6 Å². The van der Waals surface area contributed by atoms with Gasteiger partial charge in [0, 0.05) is 13.2 Å².